The Hall–Kier alpha value is -2.25. The maximum Gasteiger partial charge on any atom is 0.305 e. The average molecular weight is 320 g/mol. The van der Waals surface area contributed by atoms with E-state index in [9.17, 15) is 4.79 Å². The highest BCUT2D eigenvalue weighted by atomic mass is 35.5. The van der Waals surface area contributed by atoms with Gasteiger partial charge < -0.3 is 20.6 Å². The number of benzene rings is 1. The molecule has 0 saturated heterocycles. The maximum absolute atomic E-state index is 11.3. The van der Waals surface area contributed by atoms with Crippen molar-refractivity contribution in [1.29, 1.82) is 0 Å². The molecule has 106 valence electrons. The molecule has 8 heteroatoms. The van der Waals surface area contributed by atoms with Crippen LogP contribution in [0.2, 0.25) is 5.15 Å². The number of hydrogen-bond acceptors (Lipinski definition) is 5. The predicted molar refractivity (Wildman–Crippen MR) is 86.9 cm³/mol. The summed E-state index contributed by atoms with van der Waals surface area (Å²) in [5.74, 6) is 1.60. The van der Waals surface area contributed by atoms with E-state index in [2.05, 4.69) is 25.6 Å². The Balaban J connectivity index is 1.70. The standard InChI is InChI=1S/C13H10ClN5OS/c14-10-4-7-11(15-5-16-12(7)19-10)17-6-1-2-8-9(3-6)21-13(20)18-8/h1-4,16,19H,5H2,(H,15,17)(H,18,20). The second kappa shape index (κ2) is 4.64. The molecule has 6 nitrogen and oxygen atoms in total. The molecule has 0 radical (unpaired) electrons. The van der Waals surface area contributed by atoms with Crippen LogP contribution in [0.15, 0.2) is 34.1 Å². The molecule has 0 saturated carbocycles. The number of aromatic nitrogens is 2. The molecule has 0 atom stereocenters. The predicted octanol–water partition coefficient (Wildman–Crippen LogP) is 2.81. The van der Waals surface area contributed by atoms with Crippen LogP contribution >= 0.6 is 22.9 Å². The van der Waals surface area contributed by atoms with Gasteiger partial charge in [-0.15, -0.1) is 0 Å². The minimum absolute atomic E-state index is 0.0546. The number of fused-ring (bicyclic) bond motifs is 2. The fourth-order valence-electron chi connectivity index (χ4n) is 2.30. The summed E-state index contributed by atoms with van der Waals surface area (Å²) in [6.45, 7) is 0.478. The molecule has 1 aliphatic rings. The molecule has 0 unspecified atom stereocenters. The van der Waals surface area contributed by atoms with Crippen molar-refractivity contribution in [2.24, 2.45) is 4.99 Å². The summed E-state index contributed by atoms with van der Waals surface area (Å²) in [4.78, 5) is 21.5. The van der Waals surface area contributed by atoms with Crippen molar-refractivity contribution in [3.8, 4) is 0 Å². The van der Waals surface area contributed by atoms with Gasteiger partial charge in [0.05, 0.1) is 15.8 Å². The average Bonchev–Trinajstić information content (AvgIpc) is 2.99. The summed E-state index contributed by atoms with van der Waals surface area (Å²) >= 11 is 7.17. The minimum atomic E-state index is -0.0546. The number of nitrogens with one attached hydrogen (secondary N) is 4. The summed E-state index contributed by atoms with van der Waals surface area (Å²) < 4.78 is 0.909. The number of amidine groups is 1. The monoisotopic (exact) mass is 319 g/mol. The number of rotatable bonds is 1. The number of anilines is 2. The lowest BCUT2D eigenvalue weighted by atomic mass is 10.2. The molecule has 0 amide bonds. The summed E-state index contributed by atoms with van der Waals surface area (Å²) in [5, 5.41) is 6.95. The molecule has 3 aromatic rings. The topological polar surface area (TPSA) is 85.1 Å². The Labute approximate surface area is 127 Å². The molecule has 0 bridgehead atoms. The Kier molecular flexibility index (Phi) is 2.76. The van der Waals surface area contributed by atoms with Gasteiger partial charge in [0.2, 0.25) is 0 Å². The summed E-state index contributed by atoms with van der Waals surface area (Å²) in [7, 11) is 0. The quantitative estimate of drug-likeness (QED) is 0.556. The van der Waals surface area contributed by atoms with Gasteiger partial charge in [-0.05, 0) is 24.3 Å². The van der Waals surface area contributed by atoms with E-state index in [0.29, 0.717) is 11.8 Å². The van der Waals surface area contributed by atoms with Crippen LogP contribution in [0, 0.1) is 0 Å². The fraction of sp³-hybridized carbons (Fsp3) is 0.0769. The van der Waals surface area contributed by atoms with Gasteiger partial charge in [-0.25, -0.2) is 4.99 Å². The molecule has 0 spiro atoms. The number of aromatic amines is 2. The first-order valence-corrected chi connectivity index (χ1v) is 7.45. The lowest BCUT2D eigenvalue weighted by Crippen LogP contribution is -2.21. The second-order valence-electron chi connectivity index (χ2n) is 4.60. The van der Waals surface area contributed by atoms with Crippen LogP contribution < -0.4 is 15.5 Å². The van der Waals surface area contributed by atoms with Crippen molar-refractivity contribution in [3.05, 3.63) is 44.6 Å². The van der Waals surface area contributed by atoms with Gasteiger partial charge in [0, 0.05) is 5.69 Å². The molecule has 1 aliphatic heterocycles. The molecular formula is C13H10ClN5OS. The van der Waals surface area contributed by atoms with E-state index in [0.717, 1.165) is 33.1 Å². The van der Waals surface area contributed by atoms with E-state index in [4.69, 9.17) is 11.6 Å². The van der Waals surface area contributed by atoms with Crippen LogP contribution in [0.3, 0.4) is 0 Å². The van der Waals surface area contributed by atoms with Crippen molar-refractivity contribution < 1.29 is 0 Å². The highest BCUT2D eigenvalue weighted by molar-refractivity contribution is 7.16. The van der Waals surface area contributed by atoms with Gasteiger partial charge in [-0.3, -0.25) is 4.79 Å². The molecule has 2 aromatic heterocycles. The number of H-pyrrole nitrogens is 2. The van der Waals surface area contributed by atoms with Crippen molar-refractivity contribution in [3.63, 3.8) is 0 Å². The van der Waals surface area contributed by atoms with Gasteiger partial charge in [-0.2, -0.15) is 0 Å². The van der Waals surface area contributed by atoms with Crippen LogP contribution in [0.4, 0.5) is 11.5 Å². The zero-order valence-corrected chi connectivity index (χ0v) is 12.2. The zero-order chi connectivity index (χ0) is 14.4. The number of halogens is 1. The lowest BCUT2D eigenvalue weighted by molar-refractivity contribution is 1.09. The number of aliphatic imine (C=N–C) groups is 1. The van der Waals surface area contributed by atoms with E-state index < -0.39 is 0 Å². The van der Waals surface area contributed by atoms with Crippen LogP contribution in [-0.2, 0) is 0 Å². The van der Waals surface area contributed by atoms with E-state index in [-0.39, 0.29) is 4.87 Å². The van der Waals surface area contributed by atoms with Crippen molar-refractivity contribution in [2.75, 3.05) is 17.3 Å². The first kappa shape index (κ1) is 12.5. The van der Waals surface area contributed by atoms with E-state index >= 15 is 0 Å². The minimum Gasteiger partial charge on any atom is -0.352 e. The van der Waals surface area contributed by atoms with Gasteiger partial charge in [0.1, 0.15) is 23.5 Å². The molecule has 21 heavy (non-hydrogen) atoms. The Morgan fingerprint density at radius 3 is 3.10 bits per heavy atom. The first-order valence-electron chi connectivity index (χ1n) is 6.26. The first-order chi connectivity index (χ1) is 10.2. The highest BCUT2D eigenvalue weighted by Gasteiger charge is 2.17. The Morgan fingerprint density at radius 2 is 2.19 bits per heavy atom. The second-order valence-corrected chi connectivity index (χ2v) is 6.02. The Bertz CT molecular complexity index is 922. The molecule has 3 heterocycles. The smallest absolute Gasteiger partial charge is 0.305 e. The Morgan fingerprint density at radius 1 is 1.29 bits per heavy atom. The SMILES string of the molecule is O=c1[nH]c2ccc(NC3=NCNc4[nH]c(Cl)cc43)cc2s1. The van der Waals surface area contributed by atoms with Gasteiger partial charge in [-0.1, -0.05) is 22.9 Å². The molecule has 0 fully saturated rings. The van der Waals surface area contributed by atoms with Crippen molar-refractivity contribution in [1.82, 2.24) is 9.97 Å². The zero-order valence-electron chi connectivity index (χ0n) is 10.7. The van der Waals surface area contributed by atoms with Crippen LogP contribution in [0.1, 0.15) is 5.56 Å². The van der Waals surface area contributed by atoms with Crippen molar-refractivity contribution >= 4 is 50.5 Å². The number of nitrogens with zero attached hydrogens (tertiary/aromatic N) is 1. The normalized spacial score (nSPS) is 13.7. The molecular weight excluding hydrogens is 310 g/mol. The summed E-state index contributed by atoms with van der Waals surface area (Å²) in [6.07, 6.45) is 0. The number of thiazole rings is 1. The third kappa shape index (κ3) is 2.20. The van der Waals surface area contributed by atoms with Gasteiger partial charge in [0.25, 0.3) is 0 Å². The van der Waals surface area contributed by atoms with E-state index in [1.54, 1.807) is 0 Å². The summed E-state index contributed by atoms with van der Waals surface area (Å²) in [5.41, 5.74) is 2.61. The maximum atomic E-state index is 11.3. The third-order valence-corrected chi connectivity index (χ3v) is 4.27. The van der Waals surface area contributed by atoms with Gasteiger partial charge >= 0.3 is 4.87 Å². The fourth-order valence-corrected chi connectivity index (χ4v) is 3.28. The van der Waals surface area contributed by atoms with Crippen molar-refractivity contribution in [2.45, 2.75) is 0 Å². The third-order valence-electron chi connectivity index (χ3n) is 3.22. The van der Waals surface area contributed by atoms with Crippen LogP contribution in [-0.4, -0.2) is 22.5 Å². The van der Waals surface area contributed by atoms with E-state index in [1.807, 2.05) is 24.3 Å². The molecule has 1 aromatic carbocycles. The molecule has 0 aliphatic carbocycles. The van der Waals surface area contributed by atoms with Crippen LogP contribution in [0.25, 0.3) is 10.2 Å². The van der Waals surface area contributed by atoms with Crippen LogP contribution in [0.5, 0.6) is 0 Å². The molecule has 4 N–H and O–H groups in total. The van der Waals surface area contributed by atoms with E-state index in [1.165, 1.54) is 11.3 Å². The number of hydrogen-bond donors (Lipinski definition) is 4. The summed E-state index contributed by atoms with van der Waals surface area (Å²) in [6, 6.07) is 7.53. The largest absolute Gasteiger partial charge is 0.352 e. The highest BCUT2D eigenvalue weighted by Crippen LogP contribution is 2.25. The molecule has 4 rings (SSSR count). The van der Waals surface area contributed by atoms with Gasteiger partial charge in [0.15, 0.2) is 0 Å². The lowest BCUT2D eigenvalue weighted by Gasteiger charge is -2.16.